The number of sulfonamides is 1. The Morgan fingerprint density at radius 1 is 1.20 bits per heavy atom. The summed E-state index contributed by atoms with van der Waals surface area (Å²) >= 11 is 0. The van der Waals surface area contributed by atoms with Crippen molar-refractivity contribution in [3.8, 4) is 0 Å². The van der Waals surface area contributed by atoms with E-state index in [2.05, 4.69) is 24.3 Å². The fourth-order valence-electron chi connectivity index (χ4n) is 3.12. The number of carbonyl (C=O) groups is 1. The van der Waals surface area contributed by atoms with Crippen molar-refractivity contribution in [1.82, 2.24) is 19.4 Å². The van der Waals surface area contributed by atoms with Crippen molar-refractivity contribution < 1.29 is 13.2 Å². The SMILES string of the molecule is Cc1nn(C)c(C)c1S(=O)(=O)N1CCC(C(=O)NC(C)C(C)C)CC1. The maximum absolute atomic E-state index is 13.0. The van der Waals surface area contributed by atoms with Crippen LogP contribution in [-0.2, 0) is 21.9 Å². The van der Waals surface area contributed by atoms with Crippen molar-refractivity contribution in [2.75, 3.05) is 13.1 Å². The Hall–Kier alpha value is -1.41. The van der Waals surface area contributed by atoms with E-state index in [1.54, 1.807) is 25.6 Å². The van der Waals surface area contributed by atoms with E-state index in [4.69, 9.17) is 0 Å². The minimum absolute atomic E-state index is 0.0342. The van der Waals surface area contributed by atoms with E-state index < -0.39 is 10.0 Å². The van der Waals surface area contributed by atoms with E-state index in [1.807, 2.05) is 6.92 Å². The second kappa shape index (κ2) is 7.45. The van der Waals surface area contributed by atoms with E-state index >= 15 is 0 Å². The fraction of sp³-hybridized carbons (Fsp3) is 0.765. The summed E-state index contributed by atoms with van der Waals surface area (Å²) in [5.74, 6) is 0.289. The van der Waals surface area contributed by atoms with E-state index in [1.165, 1.54) is 4.31 Å². The van der Waals surface area contributed by atoms with Gasteiger partial charge in [0.2, 0.25) is 15.9 Å². The number of hydrogen-bond acceptors (Lipinski definition) is 4. The highest BCUT2D eigenvalue weighted by atomic mass is 32.2. The van der Waals surface area contributed by atoms with Crippen molar-refractivity contribution in [2.45, 2.75) is 58.4 Å². The molecule has 0 radical (unpaired) electrons. The molecule has 1 unspecified atom stereocenters. The molecule has 1 N–H and O–H groups in total. The van der Waals surface area contributed by atoms with Crippen molar-refractivity contribution in [3.05, 3.63) is 11.4 Å². The predicted octanol–water partition coefficient (Wildman–Crippen LogP) is 1.60. The Balaban J connectivity index is 2.05. The fourth-order valence-corrected chi connectivity index (χ4v) is 4.99. The highest BCUT2D eigenvalue weighted by Crippen LogP contribution is 2.27. The molecule has 0 bridgehead atoms. The maximum Gasteiger partial charge on any atom is 0.246 e. The van der Waals surface area contributed by atoms with Gasteiger partial charge < -0.3 is 5.32 Å². The monoisotopic (exact) mass is 370 g/mol. The molecule has 0 saturated carbocycles. The van der Waals surface area contributed by atoms with Crippen LogP contribution >= 0.6 is 0 Å². The van der Waals surface area contributed by atoms with Gasteiger partial charge in [-0.1, -0.05) is 13.8 Å². The van der Waals surface area contributed by atoms with Crippen LogP contribution in [-0.4, -0.2) is 47.5 Å². The van der Waals surface area contributed by atoms with Gasteiger partial charge in [-0.15, -0.1) is 0 Å². The molecule has 1 amide bonds. The third-order valence-electron chi connectivity index (χ3n) is 5.24. The largest absolute Gasteiger partial charge is 0.353 e. The molecular weight excluding hydrogens is 340 g/mol. The molecule has 1 fully saturated rings. The number of rotatable bonds is 5. The van der Waals surface area contributed by atoms with Gasteiger partial charge in [0.05, 0.1) is 11.4 Å². The van der Waals surface area contributed by atoms with Gasteiger partial charge >= 0.3 is 0 Å². The molecule has 1 aromatic rings. The number of nitrogens with one attached hydrogen (secondary N) is 1. The van der Waals surface area contributed by atoms with Gasteiger partial charge in [0, 0.05) is 32.1 Å². The lowest BCUT2D eigenvalue weighted by Crippen LogP contribution is -2.45. The summed E-state index contributed by atoms with van der Waals surface area (Å²) in [6.45, 7) is 10.3. The van der Waals surface area contributed by atoms with Crippen LogP contribution in [0.25, 0.3) is 0 Å². The molecule has 0 aromatic carbocycles. The van der Waals surface area contributed by atoms with Crippen LogP contribution in [0, 0.1) is 25.7 Å². The quantitative estimate of drug-likeness (QED) is 0.853. The average molecular weight is 371 g/mol. The van der Waals surface area contributed by atoms with Crippen LogP contribution in [0.1, 0.15) is 45.0 Å². The van der Waals surface area contributed by atoms with E-state index in [0.717, 1.165) is 0 Å². The summed E-state index contributed by atoms with van der Waals surface area (Å²) in [5.41, 5.74) is 1.16. The zero-order chi connectivity index (χ0) is 18.9. The van der Waals surface area contributed by atoms with Crippen LogP contribution in [0.4, 0.5) is 0 Å². The molecular formula is C17H30N4O3S. The van der Waals surface area contributed by atoms with Crippen LogP contribution < -0.4 is 5.32 Å². The normalized spacial score (nSPS) is 18.5. The molecule has 8 heteroatoms. The highest BCUT2D eigenvalue weighted by molar-refractivity contribution is 7.89. The van der Waals surface area contributed by atoms with Crippen molar-refractivity contribution >= 4 is 15.9 Å². The van der Waals surface area contributed by atoms with Crippen LogP contribution in [0.15, 0.2) is 4.90 Å². The van der Waals surface area contributed by atoms with Gasteiger partial charge in [-0.05, 0) is 39.5 Å². The third-order valence-corrected chi connectivity index (χ3v) is 7.39. The van der Waals surface area contributed by atoms with Crippen LogP contribution in [0.2, 0.25) is 0 Å². The summed E-state index contributed by atoms with van der Waals surface area (Å²) in [6.07, 6.45) is 1.10. The molecule has 0 spiro atoms. The van der Waals surface area contributed by atoms with Crippen LogP contribution in [0.3, 0.4) is 0 Å². The third kappa shape index (κ3) is 4.06. The first-order valence-electron chi connectivity index (χ1n) is 8.86. The van der Waals surface area contributed by atoms with Crippen molar-refractivity contribution in [3.63, 3.8) is 0 Å². The summed E-state index contributed by atoms with van der Waals surface area (Å²) < 4.78 is 29.0. The van der Waals surface area contributed by atoms with Crippen LogP contribution in [0.5, 0.6) is 0 Å². The Kier molecular flexibility index (Phi) is 5.93. The van der Waals surface area contributed by atoms with Crippen molar-refractivity contribution in [2.24, 2.45) is 18.9 Å². The van der Waals surface area contributed by atoms with Gasteiger partial charge in [0.15, 0.2) is 0 Å². The Labute approximate surface area is 150 Å². The molecule has 1 saturated heterocycles. The summed E-state index contributed by atoms with van der Waals surface area (Å²) in [4.78, 5) is 12.7. The first kappa shape index (κ1) is 19.9. The zero-order valence-electron chi connectivity index (χ0n) is 16.0. The molecule has 1 aliphatic rings. The molecule has 142 valence electrons. The first-order valence-corrected chi connectivity index (χ1v) is 10.3. The molecule has 2 rings (SSSR count). The molecule has 1 aliphatic heterocycles. The molecule has 2 heterocycles. The van der Waals surface area contributed by atoms with E-state index in [0.29, 0.717) is 48.1 Å². The number of carbonyl (C=O) groups excluding carboxylic acids is 1. The van der Waals surface area contributed by atoms with E-state index in [9.17, 15) is 13.2 Å². The van der Waals surface area contributed by atoms with Gasteiger partial charge in [-0.3, -0.25) is 9.48 Å². The predicted molar refractivity (Wildman–Crippen MR) is 96.6 cm³/mol. The Bertz CT molecular complexity index is 731. The lowest BCUT2D eigenvalue weighted by molar-refractivity contribution is -0.127. The number of aromatic nitrogens is 2. The molecule has 25 heavy (non-hydrogen) atoms. The van der Waals surface area contributed by atoms with E-state index in [-0.39, 0.29) is 17.9 Å². The number of aryl methyl sites for hydroxylation is 2. The van der Waals surface area contributed by atoms with Crippen molar-refractivity contribution in [1.29, 1.82) is 0 Å². The molecule has 1 aromatic heterocycles. The zero-order valence-corrected chi connectivity index (χ0v) is 16.9. The smallest absolute Gasteiger partial charge is 0.246 e. The lowest BCUT2D eigenvalue weighted by Gasteiger charge is -2.31. The topological polar surface area (TPSA) is 84.3 Å². The number of piperidine rings is 1. The van der Waals surface area contributed by atoms with Gasteiger partial charge in [0.25, 0.3) is 0 Å². The Morgan fingerprint density at radius 3 is 2.20 bits per heavy atom. The van der Waals surface area contributed by atoms with Gasteiger partial charge in [0.1, 0.15) is 4.90 Å². The second-order valence-electron chi connectivity index (χ2n) is 7.34. The number of hydrogen-bond donors (Lipinski definition) is 1. The minimum Gasteiger partial charge on any atom is -0.353 e. The number of amides is 1. The van der Waals surface area contributed by atoms with Gasteiger partial charge in [-0.2, -0.15) is 9.40 Å². The Morgan fingerprint density at radius 2 is 1.76 bits per heavy atom. The number of nitrogens with zero attached hydrogens (tertiary/aromatic N) is 3. The summed E-state index contributed by atoms with van der Waals surface area (Å²) in [5, 5.41) is 7.25. The molecule has 0 aliphatic carbocycles. The summed E-state index contributed by atoms with van der Waals surface area (Å²) in [7, 11) is -1.83. The summed E-state index contributed by atoms with van der Waals surface area (Å²) in [6, 6.07) is 0.120. The van der Waals surface area contributed by atoms with Gasteiger partial charge in [-0.25, -0.2) is 8.42 Å². The highest BCUT2D eigenvalue weighted by Gasteiger charge is 2.35. The minimum atomic E-state index is -3.57. The molecule has 1 atom stereocenters. The lowest BCUT2D eigenvalue weighted by atomic mass is 9.96. The maximum atomic E-state index is 13.0. The molecule has 7 nitrogen and oxygen atoms in total. The standard InChI is InChI=1S/C17H30N4O3S/c1-11(2)12(3)18-17(22)15-7-9-21(10-8-15)25(23,24)16-13(4)19-20(6)14(16)5/h11-12,15H,7-10H2,1-6H3,(H,18,22). The average Bonchev–Trinajstić information content (AvgIpc) is 2.80. The second-order valence-corrected chi connectivity index (χ2v) is 9.22. The first-order chi connectivity index (χ1) is 11.6.